The number of benzene rings is 2. The molecule has 0 unspecified atom stereocenters. The lowest BCUT2D eigenvalue weighted by molar-refractivity contribution is -0.137. The highest BCUT2D eigenvalue weighted by Gasteiger charge is 2.31. The summed E-state index contributed by atoms with van der Waals surface area (Å²) in [4.78, 5) is 28.8. The summed E-state index contributed by atoms with van der Waals surface area (Å²) in [5.74, 6) is 1.02. The van der Waals surface area contributed by atoms with Gasteiger partial charge in [0.1, 0.15) is 5.82 Å². The highest BCUT2D eigenvalue weighted by atomic mass is 19.4. The Morgan fingerprint density at radius 3 is 2.56 bits per heavy atom. The van der Waals surface area contributed by atoms with Crippen LogP contribution in [-0.2, 0) is 25.7 Å². The highest BCUT2D eigenvalue weighted by molar-refractivity contribution is 5.99. The van der Waals surface area contributed by atoms with Crippen molar-refractivity contribution in [2.75, 3.05) is 38.1 Å². The van der Waals surface area contributed by atoms with Gasteiger partial charge < -0.3 is 15.2 Å². The number of likely N-dealkylation sites (tertiary alicyclic amines) is 1. The van der Waals surface area contributed by atoms with E-state index in [1.54, 1.807) is 12.1 Å². The third-order valence-corrected chi connectivity index (χ3v) is 9.83. The van der Waals surface area contributed by atoms with Gasteiger partial charge in [-0.2, -0.15) is 13.2 Å². The van der Waals surface area contributed by atoms with E-state index in [0.717, 1.165) is 97.5 Å². The molecule has 2 aromatic heterocycles. The molecule has 0 bridgehead atoms. The number of aromatic amines is 1. The normalized spacial score (nSPS) is 20.1. The summed E-state index contributed by atoms with van der Waals surface area (Å²) in [5, 5.41) is 4.31. The molecule has 7 rings (SSSR count). The van der Waals surface area contributed by atoms with E-state index in [0.29, 0.717) is 24.7 Å². The maximum absolute atomic E-state index is 13.4. The van der Waals surface area contributed by atoms with Crippen LogP contribution in [0.3, 0.4) is 0 Å². The van der Waals surface area contributed by atoms with E-state index in [9.17, 15) is 18.0 Å². The third-order valence-electron chi connectivity index (χ3n) is 9.83. The van der Waals surface area contributed by atoms with Gasteiger partial charge in [-0.3, -0.25) is 14.6 Å². The lowest BCUT2D eigenvalue weighted by atomic mass is 10.0. The second-order valence-corrected chi connectivity index (χ2v) is 12.8. The second kappa shape index (κ2) is 12.1. The third kappa shape index (κ3) is 6.18. The Hall–Kier alpha value is -3.89. The fraction of sp³-hybridized carbons (Fsp3) is 0.429. The van der Waals surface area contributed by atoms with Crippen molar-refractivity contribution in [3.8, 4) is 0 Å². The molecular weight excluding hydrogens is 577 g/mol. The summed E-state index contributed by atoms with van der Waals surface area (Å²) >= 11 is 0. The van der Waals surface area contributed by atoms with E-state index in [1.165, 1.54) is 12.0 Å². The van der Waals surface area contributed by atoms with Gasteiger partial charge in [0, 0.05) is 85.1 Å². The maximum atomic E-state index is 13.4. The molecule has 3 aliphatic heterocycles. The SMILES string of the molecule is CN1CCC[C@H]1c1cccnc1N1CCC(NC(=O)c2ccc3[nH]c4c(c3c2)CN(Cc2ccc(C(F)(F)F)cc2)CC4)CC1. The van der Waals surface area contributed by atoms with Crippen molar-refractivity contribution in [3.63, 3.8) is 0 Å². The number of nitrogens with one attached hydrogen (secondary N) is 2. The van der Waals surface area contributed by atoms with Gasteiger partial charge in [-0.1, -0.05) is 18.2 Å². The molecule has 10 heteroatoms. The Balaban J connectivity index is 0.991. The molecule has 2 aromatic carbocycles. The molecular formula is C35H39F3N6O. The molecule has 236 valence electrons. The van der Waals surface area contributed by atoms with Crippen molar-refractivity contribution in [1.82, 2.24) is 25.1 Å². The number of H-pyrrole nitrogens is 1. The van der Waals surface area contributed by atoms with Gasteiger partial charge in [0.2, 0.25) is 0 Å². The maximum Gasteiger partial charge on any atom is 0.416 e. The predicted octanol–water partition coefficient (Wildman–Crippen LogP) is 6.31. The lowest BCUT2D eigenvalue weighted by Gasteiger charge is -2.35. The van der Waals surface area contributed by atoms with Crippen LogP contribution in [0.15, 0.2) is 60.8 Å². The van der Waals surface area contributed by atoms with Crippen LogP contribution in [0, 0.1) is 0 Å². The predicted molar refractivity (Wildman–Crippen MR) is 169 cm³/mol. The zero-order chi connectivity index (χ0) is 31.1. The van der Waals surface area contributed by atoms with E-state index in [4.69, 9.17) is 4.98 Å². The number of pyridine rings is 1. The monoisotopic (exact) mass is 616 g/mol. The summed E-state index contributed by atoms with van der Waals surface area (Å²) in [5.41, 5.74) is 5.49. The first-order valence-electron chi connectivity index (χ1n) is 16.0. The Morgan fingerprint density at radius 2 is 1.82 bits per heavy atom. The number of piperidine rings is 1. The molecule has 45 heavy (non-hydrogen) atoms. The van der Waals surface area contributed by atoms with E-state index in [2.05, 4.69) is 38.1 Å². The Labute approximate surface area is 261 Å². The molecule has 5 heterocycles. The van der Waals surface area contributed by atoms with Gasteiger partial charge >= 0.3 is 6.18 Å². The van der Waals surface area contributed by atoms with Gasteiger partial charge in [0.15, 0.2) is 0 Å². The van der Waals surface area contributed by atoms with Crippen molar-refractivity contribution < 1.29 is 18.0 Å². The molecule has 1 atom stereocenters. The first kappa shape index (κ1) is 29.8. The van der Waals surface area contributed by atoms with Gasteiger partial charge in [-0.05, 0) is 86.8 Å². The number of fused-ring (bicyclic) bond motifs is 3. The number of anilines is 1. The summed E-state index contributed by atoms with van der Waals surface area (Å²) in [7, 11) is 2.19. The molecule has 2 fully saturated rings. The van der Waals surface area contributed by atoms with E-state index in [1.807, 2.05) is 30.5 Å². The molecule has 0 saturated carbocycles. The number of aromatic nitrogens is 2. The van der Waals surface area contributed by atoms with Crippen LogP contribution in [0.1, 0.15) is 70.0 Å². The second-order valence-electron chi connectivity index (χ2n) is 12.8. The largest absolute Gasteiger partial charge is 0.416 e. The number of alkyl halides is 3. The molecule has 0 spiro atoms. The molecule has 3 aliphatic rings. The van der Waals surface area contributed by atoms with Crippen LogP contribution in [0.5, 0.6) is 0 Å². The van der Waals surface area contributed by atoms with Crippen molar-refractivity contribution in [3.05, 3.63) is 94.3 Å². The number of carbonyl (C=O) groups excluding carboxylic acids is 1. The summed E-state index contributed by atoms with van der Waals surface area (Å²) in [6.07, 6.45) is 2.46. The quantitative estimate of drug-likeness (QED) is 0.266. The van der Waals surface area contributed by atoms with Crippen molar-refractivity contribution in [2.45, 2.75) is 63.5 Å². The van der Waals surface area contributed by atoms with E-state index in [-0.39, 0.29) is 11.9 Å². The zero-order valence-corrected chi connectivity index (χ0v) is 25.5. The van der Waals surface area contributed by atoms with Gasteiger partial charge in [-0.25, -0.2) is 4.98 Å². The Morgan fingerprint density at radius 1 is 1.02 bits per heavy atom. The number of amides is 1. The van der Waals surface area contributed by atoms with Crippen LogP contribution in [0.2, 0.25) is 0 Å². The molecule has 1 amide bonds. The number of carbonyl (C=O) groups is 1. The fourth-order valence-electron chi connectivity index (χ4n) is 7.34. The van der Waals surface area contributed by atoms with E-state index >= 15 is 0 Å². The number of halogens is 3. The number of hydrogen-bond donors (Lipinski definition) is 2. The molecule has 4 aromatic rings. The van der Waals surface area contributed by atoms with Crippen LogP contribution in [-0.4, -0.2) is 64.9 Å². The molecule has 2 N–H and O–H groups in total. The first-order valence-corrected chi connectivity index (χ1v) is 16.0. The van der Waals surface area contributed by atoms with Crippen LogP contribution < -0.4 is 10.2 Å². The fourth-order valence-corrected chi connectivity index (χ4v) is 7.34. The number of nitrogens with zero attached hydrogens (tertiary/aromatic N) is 4. The van der Waals surface area contributed by atoms with E-state index < -0.39 is 11.7 Å². The van der Waals surface area contributed by atoms with Crippen molar-refractivity contribution >= 4 is 22.6 Å². The van der Waals surface area contributed by atoms with Crippen molar-refractivity contribution in [2.24, 2.45) is 0 Å². The van der Waals surface area contributed by atoms with Crippen LogP contribution in [0.25, 0.3) is 10.9 Å². The van der Waals surface area contributed by atoms with Crippen LogP contribution in [0.4, 0.5) is 19.0 Å². The van der Waals surface area contributed by atoms with Crippen LogP contribution >= 0.6 is 0 Å². The standard InChI is InChI=1S/C35H39F3N6O/c1-42-16-3-5-32(42)27-4-2-15-39-33(27)44-18-12-26(13-19-44)40-34(45)24-8-11-30-28(20-24)29-22-43(17-14-31(29)41-30)21-23-6-9-25(10-7-23)35(36,37)38/h2,4,6-11,15,20,26,32,41H,3,5,12-14,16-19,21-22H2,1H3,(H,40,45)/t32-/m0/s1. The molecule has 0 radical (unpaired) electrons. The minimum Gasteiger partial charge on any atom is -0.358 e. The minimum atomic E-state index is -4.33. The summed E-state index contributed by atoms with van der Waals surface area (Å²) in [6, 6.07) is 16.0. The van der Waals surface area contributed by atoms with Gasteiger partial charge in [0.05, 0.1) is 5.56 Å². The topological polar surface area (TPSA) is 67.5 Å². The Bertz CT molecular complexity index is 1680. The highest BCUT2D eigenvalue weighted by Crippen LogP contribution is 2.36. The number of hydrogen-bond acceptors (Lipinski definition) is 5. The van der Waals surface area contributed by atoms with Gasteiger partial charge in [0.25, 0.3) is 5.91 Å². The molecule has 7 nitrogen and oxygen atoms in total. The number of rotatable bonds is 6. The lowest BCUT2D eigenvalue weighted by Crippen LogP contribution is -2.45. The molecule has 2 saturated heterocycles. The Kier molecular flexibility index (Phi) is 8.03. The zero-order valence-electron chi connectivity index (χ0n) is 25.5. The average molecular weight is 617 g/mol. The minimum absolute atomic E-state index is 0.0613. The van der Waals surface area contributed by atoms with Gasteiger partial charge in [-0.15, -0.1) is 0 Å². The van der Waals surface area contributed by atoms with Crippen molar-refractivity contribution in [1.29, 1.82) is 0 Å². The average Bonchev–Trinajstić information content (AvgIpc) is 3.63. The molecule has 0 aliphatic carbocycles. The summed E-state index contributed by atoms with van der Waals surface area (Å²) < 4.78 is 38.9. The first-order chi connectivity index (χ1) is 21.7. The smallest absolute Gasteiger partial charge is 0.358 e. The summed E-state index contributed by atoms with van der Waals surface area (Å²) in [6.45, 7) is 4.87.